The molecule has 0 aliphatic carbocycles. The number of nitro groups is 1. The number of amides is 1. The number of thiol groups is 1. The third-order valence-electron chi connectivity index (χ3n) is 4.44. The van der Waals surface area contributed by atoms with Crippen molar-refractivity contribution in [1.82, 2.24) is 9.55 Å². The van der Waals surface area contributed by atoms with Gasteiger partial charge in [-0.3, -0.25) is 15.0 Å². The molecule has 0 radical (unpaired) electrons. The van der Waals surface area contributed by atoms with Crippen molar-refractivity contribution in [2.45, 2.75) is 24.2 Å². The molecule has 0 bridgehead atoms. The molecule has 7 nitrogen and oxygen atoms in total. The minimum Gasteiger partial charge on any atom is -0.294 e. The number of nitrogens with zero attached hydrogens (tertiary/aromatic N) is 4. The Balaban J connectivity index is 2.41. The quantitative estimate of drug-likeness (QED) is 0.225. The van der Waals surface area contributed by atoms with Crippen LogP contribution >= 0.6 is 12.6 Å². The number of para-hydroxylation sites is 1. The zero-order valence-electron chi connectivity index (χ0n) is 15.9. The molecule has 3 rings (SSSR count). The first-order valence-corrected chi connectivity index (χ1v) is 9.17. The summed E-state index contributed by atoms with van der Waals surface area (Å²) < 4.78 is 81.4. The van der Waals surface area contributed by atoms with Gasteiger partial charge in [0.15, 0.2) is 0 Å². The number of anilines is 1. The summed E-state index contributed by atoms with van der Waals surface area (Å²) in [5.74, 6) is -1.84. The van der Waals surface area contributed by atoms with Crippen molar-refractivity contribution in [3.63, 3.8) is 0 Å². The number of carbonyl (C=O) groups excluding carboxylic acids is 1. The molecule has 0 spiro atoms. The van der Waals surface area contributed by atoms with Gasteiger partial charge in [0.1, 0.15) is 11.1 Å². The number of alkyl halides is 6. The number of fused-ring (bicyclic) bond motifs is 1. The third kappa shape index (κ3) is 3.97. The van der Waals surface area contributed by atoms with Gasteiger partial charge >= 0.3 is 18.4 Å². The molecule has 1 heterocycles. The van der Waals surface area contributed by atoms with E-state index in [-0.39, 0.29) is 22.9 Å². The molecule has 14 heteroatoms. The third-order valence-corrected chi connectivity index (χ3v) is 4.88. The van der Waals surface area contributed by atoms with E-state index in [1.165, 1.54) is 31.2 Å². The normalized spacial score (nSPS) is 12.2. The van der Waals surface area contributed by atoms with Crippen LogP contribution in [0.1, 0.15) is 18.3 Å². The van der Waals surface area contributed by atoms with Crippen molar-refractivity contribution in [1.29, 1.82) is 0 Å². The largest absolute Gasteiger partial charge is 0.450 e. The summed E-state index contributed by atoms with van der Waals surface area (Å²) in [6, 6.07) is 6.45. The van der Waals surface area contributed by atoms with E-state index >= 15 is 0 Å². The van der Waals surface area contributed by atoms with Crippen LogP contribution in [0.5, 0.6) is 0 Å². The molecule has 0 N–H and O–H groups in total. The van der Waals surface area contributed by atoms with Crippen molar-refractivity contribution in [3.05, 3.63) is 57.9 Å². The standard InChI is InChI=1S/C18H12F6N4O3S/c1-2-26(9-6-4-3-5-7-9)16(29)27-11-8-10(28(30)31)12(17(19,20)21)14(32)13(11)25-15(27)18(22,23)24/h3-8,32H,2H2,1H3. The number of halogens is 6. The van der Waals surface area contributed by atoms with Crippen LogP contribution in [-0.2, 0) is 12.4 Å². The molecule has 0 saturated heterocycles. The minimum absolute atomic E-state index is 0.0126. The number of nitro benzene ring substituents is 1. The lowest BCUT2D eigenvalue weighted by atomic mass is 10.1. The number of benzene rings is 2. The van der Waals surface area contributed by atoms with Crippen molar-refractivity contribution in [2.75, 3.05) is 11.4 Å². The lowest BCUT2D eigenvalue weighted by molar-refractivity contribution is -0.388. The minimum atomic E-state index is -5.31. The first-order chi connectivity index (χ1) is 14.8. The molecule has 32 heavy (non-hydrogen) atoms. The predicted molar refractivity (Wildman–Crippen MR) is 104 cm³/mol. The van der Waals surface area contributed by atoms with Crippen LogP contribution in [-0.4, -0.2) is 27.1 Å². The highest BCUT2D eigenvalue weighted by Crippen LogP contribution is 2.45. The van der Waals surface area contributed by atoms with E-state index < -0.39 is 56.3 Å². The Morgan fingerprint density at radius 2 is 1.75 bits per heavy atom. The Labute approximate surface area is 180 Å². The van der Waals surface area contributed by atoms with Crippen molar-refractivity contribution >= 4 is 41.1 Å². The van der Waals surface area contributed by atoms with E-state index in [1.807, 2.05) is 0 Å². The average Bonchev–Trinajstić information content (AvgIpc) is 3.08. The maximum atomic E-state index is 13.7. The van der Waals surface area contributed by atoms with E-state index in [1.54, 1.807) is 6.07 Å². The van der Waals surface area contributed by atoms with Gasteiger partial charge < -0.3 is 0 Å². The first kappa shape index (κ1) is 23.4. The van der Waals surface area contributed by atoms with Gasteiger partial charge in [-0.1, -0.05) is 18.2 Å². The number of rotatable bonds is 3. The van der Waals surface area contributed by atoms with Crippen LogP contribution in [0.25, 0.3) is 11.0 Å². The monoisotopic (exact) mass is 478 g/mol. The molecule has 3 aromatic rings. The Morgan fingerprint density at radius 1 is 1.16 bits per heavy atom. The molecule has 1 aromatic heterocycles. The zero-order valence-corrected chi connectivity index (χ0v) is 16.8. The van der Waals surface area contributed by atoms with Gasteiger partial charge in [0.2, 0.25) is 5.82 Å². The molecule has 0 fully saturated rings. The van der Waals surface area contributed by atoms with Gasteiger partial charge in [0.25, 0.3) is 5.69 Å². The van der Waals surface area contributed by atoms with E-state index in [9.17, 15) is 41.3 Å². The number of carbonyl (C=O) groups is 1. The molecule has 0 atom stereocenters. The number of hydrogen-bond donors (Lipinski definition) is 1. The maximum Gasteiger partial charge on any atom is 0.450 e. The van der Waals surface area contributed by atoms with Crippen molar-refractivity contribution < 1.29 is 36.1 Å². The molecule has 2 aromatic carbocycles. The van der Waals surface area contributed by atoms with E-state index in [0.717, 1.165) is 4.90 Å². The van der Waals surface area contributed by atoms with Crippen LogP contribution in [0.15, 0.2) is 41.3 Å². The van der Waals surface area contributed by atoms with Gasteiger partial charge in [-0.2, -0.15) is 26.3 Å². The van der Waals surface area contributed by atoms with Crippen LogP contribution in [0, 0.1) is 10.1 Å². The Bertz CT molecular complexity index is 1210. The summed E-state index contributed by atoms with van der Waals surface area (Å²) in [5.41, 5.74) is -5.00. The van der Waals surface area contributed by atoms with Crippen molar-refractivity contribution in [2.24, 2.45) is 0 Å². The molecular formula is C18H12F6N4O3S. The summed E-state index contributed by atoms with van der Waals surface area (Å²) in [6.07, 6.45) is -10.6. The number of aromatic nitrogens is 2. The topological polar surface area (TPSA) is 81.3 Å². The molecule has 0 aliphatic rings. The molecule has 0 aliphatic heterocycles. The average molecular weight is 478 g/mol. The fourth-order valence-electron chi connectivity index (χ4n) is 3.15. The lowest BCUT2D eigenvalue weighted by Gasteiger charge is -2.23. The maximum absolute atomic E-state index is 13.7. The summed E-state index contributed by atoms with van der Waals surface area (Å²) in [5, 5.41) is 11.3. The smallest absolute Gasteiger partial charge is 0.294 e. The van der Waals surface area contributed by atoms with Gasteiger partial charge in [0.05, 0.1) is 15.3 Å². The van der Waals surface area contributed by atoms with Gasteiger partial charge in [-0.15, -0.1) is 12.6 Å². The summed E-state index contributed by atoms with van der Waals surface area (Å²) in [7, 11) is 0. The highest BCUT2D eigenvalue weighted by Gasteiger charge is 2.45. The van der Waals surface area contributed by atoms with Crippen LogP contribution < -0.4 is 4.90 Å². The number of imidazole rings is 1. The Morgan fingerprint density at radius 3 is 2.22 bits per heavy atom. The van der Waals surface area contributed by atoms with Gasteiger partial charge in [-0.25, -0.2) is 14.3 Å². The SMILES string of the molecule is CCN(C(=O)n1c(C(F)(F)F)nc2c(S)c(C(F)(F)F)c([N+](=O)[O-])cc21)c1ccccc1. The van der Waals surface area contributed by atoms with E-state index in [2.05, 4.69) is 17.6 Å². The lowest BCUT2D eigenvalue weighted by Crippen LogP contribution is -2.36. The highest BCUT2D eigenvalue weighted by atomic mass is 32.1. The number of hydrogen-bond acceptors (Lipinski definition) is 5. The van der Waals surface area contributed by atoms with E-state index in [4.69, 9.17) is 0 Å². The van der Waals surface area contributed by atoms with Gasteiger partial charge in [-0.05, 0) is 19.1 Å². The van der Waals surface area contributed by atoms with Crippen LogP contribution in [0.3, 0.4) is 0 Å². The Kier molecular flexibility index (Phi) is 5.84. The second-order valence-electron chi connectivity index (χ2n) is 6.37. The summed E-state index contributed by atoms with van der Waals surface area (Å²) in [6.45, 7) is 1.35. The fourth-order valence-corrected chi connectivity index (χ4v) is 3.55. The molecule has 0 unspecified atom stereocenters. The van der Waals surface area contributed by atoms with Crippen molar-refractivity contribution in [3.8, 4) is 0 Å². The summed E-state index contributed by atoms with van der Waals surface area (Å²) >= 11 is 3.60. The second-order valence-corrected chi connectivity index (χ2v) is 6.82. The first-order valence-electron chi connectivity index (χ1n) is 8.73. The fraction of sp³-hybridized carbons (Fsp3) is 0.222. The molecule has 170 valence electrons. The molecular weight excluding hydrogens is 466 g/mol. The van der Waals surface area contributed by atoms with E-state index in [0.29, 0.717) is 0 Å². The molecule has 0 saturated carbocycles. The molecule has 1 amide bonds. The Hall–Kier alpha value is -3.29. The zero-order chi connectivity index (χ0) is 24.0. The second kappa shape index (κ2) is 8.00. The van der Waals surface area contributed by atoms with Gasteiger partial charge in [0, 0.05) is 18.3 Å². The van der Waals surface area contributed by atoms with Crippen LogP contribution in [0.4, 0.5) is 42.5 Å². The highest BCUT2D eigenvalue weighted by molar-refractivity contribution is 7.80. The van der Waals surface area contributed by atoms with Crippen LogP contribution in [0.2, 0.25) is 0 Å². The predicted octanol–water partition coefficient (Wildman–Crippen LogP) is 5.77. The summed E-state index contributed by atoms with van der Waals surface area (Å²) in [4.78, 5) is 25.9.